The first-order valence-corrected chi connectivity index (χ1v) is 12.5. The Kier molecular flexibility index (Phi) is 6.13. The van der Waals surface area contributed by atoms with Crippen LogP contribution in [0, 0.1) is 18.8 Å². The Balaban J connectivity index is 1.42. The van der Waals surface area contributed by atoms with E-state index in [1.54, 1.807) is 0 Å². The van der Waals surface area contributed by atoms with Gasteiger partial charge in [0.2, 0.25) is 5.91 Å². The summed E-state index contributed by atoms with van der Waals surface area (Å²) in [6, 6.07) is 14.5. The van der Waals surface area contributed by atoms with Crippen LogP contribution in [0.4, 0.5) is 0 Å². The Morgan fingerprint density at radius 1 is 1.09 bits per heavy atom. The van der Waals surface area contributed by atoms with Crippen molar-refractivity contribution in [2.45, 2.75) is 64.5 Å². The van der Waals surface area contributed by atoms with Crippen molar-refractivity contribution < 1.29 is 14.3 Å². The normalized spacial score (nSPS) is 20.7. The Labute approximate surface area is 196 Å². The highest BCUT2D eigenvalue weighted by Crippen LogP contribution is 2.41. The molecule has 174 valence electrons. The maximum Gasteiger partial charge on any atom is 0.261 e. The third-order valence-electron chi connectivity index (χ3n) is 7.15. The Hall–Kier alpha value is -2.82. The summed E-state index contributed by atoms with van der Waals surface area (Å²) in [6.07, 6.45) is 5.36. The van der Waals surface area contributed by atoms with Crippen molar-refractivity contribution in [3.63, 3.8) is 0 Å². The topological polar surface area (TPSA) is 58.6 Å². The number of rotatable bonds is 8. The molecule has 0 radical (unpaired) electrons. The van der Waals surface area contributed by atoms with Gasteiger partial charge in [0.15, 0.2) is 6.10 Å². The number of carbonyl (C=O) groups excluding carboxylic acids is 2. The highest BCUT2D eigenvalue weighted by Gasteiger charge is 2.39. The smallest absolute Gasteiger partial charge is 0.261 e. The van der Waals surface area contributed by atoms with Gasteiger partial charge in [-0.1, -0.05) is 42.8 Å². The second-order valence-corrected chi connectivity index (χ2v) is 9.93. The molecule has 5 heteroatoms. The summed E-state index contributed by atoms with van der Waals surface area (Å²) in [5, 5.41) is 3.04. The number of carbonyl (C=O) groups is 2. The number of hydrogen-bond acceptors (Lipinski definition) is 3. The van der Waals surface area contributed by atoms with Gasteiger partial charge in [0.05, 0.1) is 6.04 Å². The molecule has 2 unspecified atom stereocenters. The van der Waals surface area contributed by atoms with Crippen LogP contribution in [0.15, 0.2) is 42.5 Å². The monoisotopic (exact) mass is 446 g/mol. The summed E-state index contributed by atoms with van der Waals surface area (Å²) in [5.74, 6) is 1.74. The van der Waals surface area contributed by atoms with Gasteiger partial charge >= 0.3 is 0 Å². The van der Waals surface area contributed by atoms with Crippen LogP contribution in [0.25, 0.3) is 0 Å². The van der Waals surface area contributed by atoms with E-state index in [0.717, 1.165) is 43.5 Å². The summed E-state index contributed by atoms with van der Waals surface area (Å²) in [4.78, 5) is 27.9. The Morgan fingerprint density at radius 2 is 1.85 bits per heavy atom. The van der Waals surface area contributed by atoms with Crippen LogP contribution in [0.5, 0.6) is 5.75 Å². The minimum Gasteiger partial charge on any atom is -0.481 e. The van der Waals surface area contributed by atoms with Gasteiger partial charge in [-0.25, -0.2) is 0 Å². The molecule has 1 N–H and O–H groups in total. The quantitative estimate of drug-likeness (QED) is 0.647. The zero-order valence-corrected chi connectivity index (χ0v) is 19.7. The number of benzene rings is 2. The van der Waals surface area contributed by atoms with Crippen LogP contribution < -0.4 is 10.1 Å². The van der Waals surface area contributed by atoms with Gasteiger partial charge in [-0.3, -0.25) is 9.59 Å². The molecule has 2 aromatic carbocycles. The molecule has 2 aliphatic carbocycles. The van der Waals surface area contributed by atoms with E-state index in [0.29, 0.717) is 18.1 Å². The summed E-state index contributed by atoms with van der Waals surface area (Å²) in [5.41, 5.74) is 4.70. The van der Waals surface area contributed by atoms with Gasteiger partial charge < -0.3 is 15.0 Å². The number of aryl methyl sites for hydroxylation is 1. The van der Waals surface area contributed by atoms with Gasteiger partial charge in [-0.2, -0.15) is 0 Å². The fourth-order valence-electron chi connectivity index (χ4n) is 4.74. The molecule has 1 heterocycles. The molecular formula is C28H34N2O3. The van der Waals surface area contributed by atoms with E-state index in [1.807, 2.05) is 13.0 Å². The van der Waals surface area contributed by atoms with Crippen molar-refractivity contribution in [1.29, 1.82) is 0 Å². The van der Waals surface area contributed by atoms with Crippen molar-refractivity contribution in [1.82, 2.24) is 10.2 Å². The minimum absolute atomic E-state index is 0.0391. The van der Waals surface area contributed by atoms with Gasteiger partial charge in [0, 0.05) is 19.0 Å². The molecule has 2 fully saturated rings. The van der Waals surface area contributed by atoms with Gasteiger partial charge in [0.1, 0.15) is 5.75 Å². The number of nitrogens with zero attached hydrogens (tertiary/aromatic N) is 1. The van der Waals surface area contributed by atoms with Crippen LogP contribution in [0.2, 0.25) is 0 Å². The van der Waals surface area contributed by atoms with E-state index in [9.17, 15) is 9.59 Å². The van der Waals surface area contributed by atoms with E-state index in [4.69, 9.17) is 4.74 Å². The first-order chi connectivity index (χ1) is 16.0. The van der Waals surface area contributed by atoms with Gasteiger partial charge in [-0.05, 0) is 80.2 Å². The predicted octanol–water partition coefficient (Wildman–Crippen LogP) is 4.56. The van der Waals surface area contributed by atoms with E-state index in [2.05, 4.69) is 53.5 Å². The highest BCUT2D eigenvalue weighted by molar-refractivity contribution is 5.82. The number of nitrogens with one attached hydrogen (secondary N) is 1. The second kappa shape index (κ2) is 9.20. The lowest BCUT2D eigenvalue weighted by atomic mass is 9.87. The molecule has 5 rings (SSSR count). The molecule has 3 aliphatic rings. The minimum atomic E-state index is -0.507. The lowest BCUT2D eigenvalue weighted by Crippen LogP contribution is -2.41. The van der Waals surface area contributed by atoms with Gasteiger partial charge in [0.25, 0.3) is 5.91 Å². The summed E-state index contributed by atoms with van der Waals surface area (Å²) in [6.45, 7) is 5.54. The fourth-order valence-corrected chi connectivity index (χ4v) is 4.74. The van der Waals surface area contributed by atoms with Crippen LogP contribution >= 0.6 is 0 Å². The van der Waals surface area contributed by atoms with Crippen LogP contribution in [-0.2, 0) is 16.0 Å². The average Bonchev–Trinajstić information content (AvgIpc) is 3.74. The van der Waals surface area contributed by atoms with E-state index >= 15 is 0 Å². The first-order valence-electron chi connectivity index (χ1n) is 12.5. The number of hydrogen-bond donors (Lipinski definition) is 1. The molecule has 5 nitrogen and oxygen atoms in total. The lowest BCUT2D eigenvalue weighted by Gasteiger charge is -2.38. The molecule has 0 spiro atoms. The molecule has 2 saturated carbocycles. The predicted molar refractivity (Wildman–Crippen MR) is 128 cm³/mol. The summed E-state index contributed by atoms with van der Waals surface area (Å²) < 4.78 is 6.19. The highest BCUT2D eigenvalue weighted by atomic mass is 16.5. The standard InChI is InChI=1S/C28H34N2O3/c1-3-25(27(31)29-17-19-6-7-19)33-23-13-12-20-14-15-30(28(32)22-10-11-22)26(24(20)16-23)21-8-4-18(2)5-9-21/h4-5,8-9,12-13,16,19,22,25-26H,3,6-7,10-11,14-15,17H2,1-2H3,(H,29,31). The molecule has 0 aromatic heterocycles. The molecule has 0 saturated heterocycles. The van der Waals surface area contributed by atoms with Crippen molar-refractivity contribution in [3.8, 4) is 5.75 Å². The number of fused-ring (bicyclic) bond motifs is 1. The van der Waals surface area contributed by atoms with Crippen LogP contribution in [0.1, 0.15) is 67.3 Å². The van der Waals surface area contributed by atoms with Crippen LogP contribution in [-0.4, -0.2) is 35.9 Å². The third kappa shape index (κ3) is 4.92. The zero-order valence-electron chi connectivity index (χ0n) is 19.7. The summed E-state index contributed by atoms with van der Waals surface area (Å²) in [7, 11) is 0. The molecule has 2 atom stereocenters. The molecule has 1 aliphatic heterocycles. The molecule has 2 amide bonds. The van der Waals surface area contributed by atoms with Gasteiger partial charge in [-0.15, -0.1) is 0 Å². The molecule has 2 aromatic rings. The number of amides is 2. The average molecular weight is 447 g/mol. The van der Waals surface area contributed by atoms with Crippen molar-refractivity contribution in [2.75, 3.05) is 13.1 Å². The fraction of sp³-hybridized carbons (Fsp3) is 0.500. The number of ether oxygens (including phenoxy) is 1. The largest absolute Gasteiger partial charge is 0.481 e. The maximum absolute atomic E-state index is 13.2. The van der Waals surface area contributed by atoms with Crippen molar-refractivity contribution in [3.05, 3.63) is 64.7 Å². The second-order valence-electron chi connectivity index (χ2n) is 9.93. The SMILES string of the molecule is CCC(Oc1ccc2c(c1)C(c1ccc(C)cc1)N(C(=O)C1CC1)CC2)C(=O)NCC1CC1. The van der Waals surface area contributed by atoms with E-state index < -0.39 is 6.10 Å². The Morgan fingerprint density at radius 3 is 2.52 bits per heavy atom. The molecule has 33 heavy (non-hydrogen) atoms. The third-order valence-corrected chi connectivity index (χ3v) is 7.15. The first kappa shape index (κ1) is 22.0. The zero-order chi connectivity index (χ0) is 22.9. The molecular weight excluding hydrogens is 412 g/mol. The van der Waals surface area contributed by atoms with Crippen LogP contribution in [0.3, 0.4) is 0 Å². The van der Waals surface area contributed by atoms with E-state index in [-0.39, 0.29) is 23.8 Å². The van der Waals surface area contributed by atoms with Crippen molar-refractivity contribution in [2.24, 2.45) is 11.8 Å². The summed E-state index contributed by atoms with van der Waals surface area (Å²) >= 11 is 0. The van der Waals surface area contributed by atoms with E-state index in [1.165, 1.54) is 24.0 Å². The Bertz CT molecular complexity index is 1020. The molecule has 0 bridgehead atoms. The van der Waals surface area contributed by atoms with Crippen molar-refractivity contribution >= 4 is 11.8 Å². The maximum atomic E-state index is 13.2. The lowest BCUT2D eigenvalue weighted by molar-refractivity contribution is -0.134.